The van der Waals surface area contributed by atoms with Crippen molar-refractivity contribution in [2.75, 3.05) is 60.0 Å². The quantitative estimate of drug-likeness (QED) is 0.0805. The van der Waals surface area contributed by atoms with Gasteiger partial charge in [-0.15, -0.1) is 10.6 Å². The number of aryl methyl sites for hydroxylation is 1. The highest BCUT2D eigenvalue weighted by Gasteiger charge is 2.47. The number of ether oxygens (including phenoxy) is 2. The highest BCUT2D eigenvalue weighted by atomic mass is 19.4. The van der Waals surface area contributed by atoms with Crippen molar-refractivity contribution in [1.29, 1.82) is 0 Å². The van der Waals surface area contributed by atoms with Gasteiger partial charge in [-0.1, -0.05) is 102 Å². The minimum Gasteiger partial charge on any atom is -0.486 e. The highest BCUT2D eigenvalue weighted by Crippen LogP contribution is 2.37. The molecule has 6 aliphatic heterocycles. The molecule has 0 saturated carbocycles. The number of likely N-dealkylation sites (N-methyl/N-ethyl adjacent to an activating group) is 2. The van der Waals surface area contributed by atoms with Crippen LogP contribution in [0.5, 0.6) is 11.5 Å². The van der Waals surface area contributed by atoms with E-state index in [1.54, 1.807) is 96.7 Å². The average molecular weight is 1570 g/mol. The van der Waals surface area contributed by atoms with Gasteiger partial charge in [-0.05, 0) is 104 Å². The molecule has 8 atom stereocenters. The third kappa shape index (κ3) is 22.5. The molecule has 6 aliphatic rings. The monoisotopic (exact) mass is 1570 g/mol. The van der Waals surface area contributed by atoms with E-state index in [4.69, 9.17) is 9.47 Å². The molecule has 2 aromatic heterocycles. The largest absolute Gasteiger partial charge is 0.486 e. The second-order valence-corrected chi connectivity index (χ2v) is 30.5. The number of fused-ring (bicyclic) bond motifs is 7. The Kier molecular flexibility index (Phi) is 29.2. The molecule has 28 nitrogen and oxygen atoms in total. The Hall–Kier alpha value is -9.83. The lowest BCUT2D eigenvalue weighted by Gasteiger charge is -2.37. The molecule has 4 bridgehead atoms. The van der Waals surface area contributed by atoms with Gasteiger partial charge in [-0.2, -0.15) is 31.5 Å². The molecule has 10 rings (SSSR count). The summed E-state index contributed by atoms with van der Waals surface area (Å²) in [6, 6.07) is 0.428. The molecule has 4 aromatic rings. The van der Waals surface area contributed by atoms with E-state index in [1.165, 1.54) is 23.9 Å². The van der Waals surface area contributed by atoms with Crippen molar-refractivity contribution in [3.8, 4) is 11.5 Å². The third-order valence-electron chi connectivity index (χ3n) is 20.8. The molecule has 8 amide bonds. The van der Waals surface area contributed by atoms with E-state index in [2.05, 4.69) is 42.1 Å². The fourth-order valence-electron chi connectivity index (χ4n) is 14.9. The SMILES string of the molecule is CC(C)C[C@H]1NC(=O)c2ccc(C(F)(F)F)cc2OCc2cn(nn2)CCCCCCCCNC(=O)[C@H](CC2=CN(N3NN4C=C3COc3ccc(C(F)(F)F)cc3C(=O)N[C@H](CC(C)C)C(=O)N3C[C@@H](O)C[C@@H]3C(=O)N(C)[C@@H](Cc3cccnc3)C(=O)NCCCCCCCC4)CC=C2)N(C)C(=O)[C@H]2C[C@H](O)CN2C1=O. The summed E-state index contributed by atoms with van der Waals surface area (Å²) in [5.74, 6) is -7.29. The van der Waals surface area contributed by atoms with Gasteiger partial charge < -0.3 is 60.6 Å². The smallest absolute Gasteiger partial charge is 0.416 e. The molecular weight excluding hydrogens is 1470 g/mol. The van der Waals surface area contributed by atoms with Crippen molar-refractivity contribution in [3.05, 3.63) is 136 Å². The number of alkyl halides is 6. The number of carbonyl (C=O) groups excluding carboxylic acids is 8. The maximum absolute atomic E-state index is 15.3. The number of nitrogens with zero attached hydrogens (tertiary/aromatic N) is 11. The van der Waals surface area contributed by atoms with Crippen LogP contribution in [0.15, 0.2) is 103 Å². The van der Waals surface area contributed by atoms with Crippen LogP contribution in [0.2, 0.25) is 0 Å². The molecule has 8 heterocycles. The lowest BCUT2D eigenvalue weighted by atomic mass is 10.00. The number of hydrogen-bond donors (Lipinski definition) is 7. The molecule has 610 valence electrons. The standard InChI is InChI=1S/C78H104F6N16O12/c1-49(2)33-61-73(107)98-45-58(102)40-66(98)76(110)94(6)64(72(106)87-29-16-11-7-9-13-17-30-95-43-55(90-91-95)47-111-68-38-54(78(82,83)84)23-25-59(68)69(103)88-61)36-52-22-20-32-97(42-52)100-56-44-96(92-100)31-18-14-10-8-12-15-28-86-71(105)63(35-51-21-19-27-85-41-51)93(5)75(109)65-39-57(101)46-99(65)74(108)62(34-50(3)4)89-70(104)60-37-53(77(79,80)81)24-26-67(60)112-48-56/h19-27,37-38,41-44,49-50,57-58,61-66,92,101-102H,7-18,28-36,39-40,45-48H2,1-6H3,(H,86,105)(H,87,106)(H,88,103)(H,89,104)/t57-,58-,61+,62+,63-,64-,65+,66+/m0/s1. The Morgan fingerprint density at radius 2 is 1.13 bits per heavy atom. The van der Waals surface area contributed by atoms with Crippen LogP contribution in [0.4, 0.5) is 26.3 Å². The summed E-state index contributed by atoms with van der Waals surface area (Å²) in [6.07, 6.45) is 8.11. The van der Waals surface area contributed by atoms with Crippen molar-refractivity contribution < 1.29 is 84.4 Å². The Morgan fingerprint density at radius 3 is 1.71 bits per heavy atom. The van der Waals surface area contributed by atoms with E-state index in [-0.39, 0.29) is 107 Å². The Morgan fingerprint density at radius 1 is 0.598 bits per heavy atom. The first-order valence-electron chi connectivity index (χ1n) is 38.7. The van der Waals surface area contributed by atoms with Crippen molar-refractivity contribution >= 4 is 47.3 Å². The number of aliphatic hydroxyl groups excluding tert-OH is 2. The zero-order chi connectivity index (χ0) is 80.6. The Balaban J connectivity index is 0.924. The van der Waals surface area contributed by atoms with Crippen LogP contribution in [0.1, 0.15) is 180 Å². The number of benzene rings is 2. The van der Waals surface area contributed by atoms with Gasteiger partial charge in [-0.25, -0.2) is 0 Å². The molecular formula is C78H104F6N16O12. The second-order valence-electron chi connectivity index (χ2n) is 30.5. The minimum atomic E-state index is -4.95. The summed E-state index contributed by atoms with van der Waals surface area (Å²) in [5.41, 5.74) is 2.04. The van der Waals surface area contributed by atoms with Gasteiger partial charge in [0.15, 0.2) is 0 Å². The van der Waals surface area contributed by atoms with Gasteiger partial charge >= 0.3 is 12.4 Å². The van der Waals surface area contributed by atoms with Gasteiger partial charge in [0.25, 0.3) is 11.8 Å². The van der Waals surface area contributed by atoms with Crippen molar-refractivity contribution in [3.63, 3.8) is 0 Å². The zero-order valence-corrected chi connectivity index (χ0v) is 64.2. The topological polar surface area (TPSA) is 322 Å². The normalized spacial score (nSPS) is 24.5. The number of pyridine rings is 1. The second kappa shape index (κ2) is 38.6. The zero-order valence-electron chi connectivity index (χ0n) is 64.2. The van der Waals surface area contributed by atoms with E-state index < -0.39 is 131 Å². The number of rotatable bonds is 9. The maximum Gasteiger partial charge on any atom is 0.416 e. The first-order valence-corrected chi connectivity index (χ1v) is 38.7. The number of halogens is 6. The van der Waals surface area contributed by atoms with Crippen molar-refractivity contribution in [2.45, 2.75) is 217 Å². The van der Waals surface area contributed by atoms with Crippen molar-refractivity contribution in [2.24, 2.45) is 11.8 Å². The summed E-state index contributed by atoms with van der Waals surface area (Å²) in [7, 11) is 2.87. The van der Waals surface area contributed by atoms with Crippen molar-refractivity contribution in [1.82, 2.24) is 81.5 Å². The number of hydrogen-bond acceptors (Lipinski definition) is 19. The highest BCUT2D eigenvalue weighted by molar-refractivity contribution is 6.02. The number of aromatic nitrogens is 4. The molecule has 7 N–H and O–H groups in total. The van der Waals surface area contributed by atoms with E-state index in [9.17, 15) is 65.3 Å². The molecule has 0 aliphatic carbocycles. The number of nitrogens with one attached hydrogen (secondary N) is 5. The van der Waals surface area contributed by atoms with Gasteiger partial charge in [0.2, 0.25) is 35.4 Å². The number of amides is 8. The van der Waals surface area contributed by atoms with Crippen LogP contribution < -0.4 is 36.3 Å². The molecule has 0 radical (unpaired) electrons. The summed E-state index contributed by atoms with van der Waals surface area (Å²) in [5, 5.41) is 47.3. The van der Waals surface area contributed by atoms with Gasteiger partial charge in [0, 0.05) is 104 Å². The Labute approximate surface area is 647 Å². The summed E-state index contributed by atoms with van der Waals surface area (Å²) >= 11 is 0. The van der Waals surface area contributed by atoms with Crippen LogP contribution in [-0.2, 0) is 60.7 Å². The molecule has 2 fully saturated rings. The van der Waals surface area contributed by atoms with Gasteiger partial charge in [0.05, 0.1) is 47.2 Å². The molecule has 2 aromatic carbocycles. The molecule has 34 heteroatoms. The predicted molar refractivity (Wildman–Crippen MR) is 397 cm³/mol. The predicted octanol–water partition coefficient (Wildman–Crippen LogP) is 7.36. The third-order valence-corrected chi connectivity index (χ3v) is 20.8. The van der Waals surface area contributed by atoms with Crippen LogP contribution in [0, 0.1) is 11.8 Å². The van der Waals surface area contributed by atoms with Crippen LogP contribution >= 0.6 is 0 Å². The molecule has 0 unspecified atom stereocenters. The summed E-state index contributed by atoms with van der Waals surface area (Å²) in [6.45, 7) is 7.36. The fourth-order valence-corrected chi connectivity index (χ4v) is 14.9. The van der Waals surface area contributed by atoms with Crippen LogP contribution in [-0.4, -0.2) is 221 Å². The summed E-state index contributed by atoms with van der Waals surface area (Å²) < 4.78 is 101. The number of aliphatic hydroxyl groups is 2. The number of allylic oxidation sites excluding steroid dienone is 1. The number of carbonyl (C=O) groups is 8. The molecule has 112 heavy (non-hydrogen) atoms. The van der Waals surface area contributed by atoms with E-state index in [0.717, 1.165) is 91.9 Å². The van der Waals surface area contributed by atoms with Gasteiger partial charge in [-0.3, -0.25) is 58.0 Å². The maximum atomic E-state index is 15.3. The fraction of sp³-hybridized carbons (Fsp3) is 0.577. The van der Waals surface area contributed by atoms with Crippen LogP contribution in [0.3, 0.4) is 0 Å². The minimum absolute atomic E-state index is 0.00522. The van der Waals surface area contributed by atoms with E-state index in [1.807, 2.05) is 6.08 Å². The molecule has 0 spiro atoms. The van der Waals surface area contributed by atoms with Gasteiger partial charge in [0.1, 0.15) is 72.4 Å². The lowest BCUT2D eigenvalue weighted by molar-refractivity contribution is -0.147. The Bertz CT molecular complexity index is 4050. The average Bonchev–Trinajstić information content (AvgIpc) is 1.66. The van der Waals surface area contributed by atoms with E-state index in [0.29, 0.717) is 67.9 Å². The van der Waals surface area contributed by atoms with Crippen LogP contribution in [0.25, 0.3) is 0 Å². The molecule has 2 saturated heterocycles. The first kappa shape index (κ1) is 84.6. The first-order chi connectivity index (χ1) is 53.4. The number of hydrazine groups is 3. The summed E-state index contributed by atoms with van der Waals surface area (Å²) in [4.78, 5) is 127. The van der Waals surface area contributed by atoms with E-state index >= 15 is 9.59 Å². The lowest BCUT2D eigenvalue weighted by Crippen LogP contribution is -2.57.